The molecule has 126 valence electrons. The van der Waals surface area contributed by atoms with Crippen LogP contribution < -0.4 is 4.90 Å². The van der Waals surface area contributed by atoms with Crippen molar-refractivity contribution in [1.82, 2.24) is 4.90 Å². The Morgan fingerprint density at radius 1 is 1.33 bits per heavy atom. The molecule has 0 bridgehead atoms. The third-order valence-corrected chi connectivity index (χ3v) is 4.23. The normalized spacial score (nSPS) is 13.2. The highest BCUT2D eigenvalue weighted by molar-refractivity contribution is 6.01. The van der Waals surface area contributed by atoms with E-state index in [1.54, 1.807) is 11.0 Å². The molecule has 0 radical (unpaired) electrons. The summed E-state index contributed by atoms with van der Waals surface area (Å²) in [5, 5.41) is 9.08. The van der Waals surface area contributed by atoms with Crippen molar-refractivity contribution in [2.24, 2.45) is 0 Å². The number of carbonyl (C=O) groups is 2. The van der Waals surface area contributed by atoms with Crippen LogP contribution in [0.3, 0.4) is 0 Å². The first-order chi connectivity index (χ1) is 11.7. The molecular weight excluding hydrogens is 308 g/mol. The number of carbonyl (C=O) groups excluding carboxylic acids is 2. The monoisotopic (exact) mass is 328 g/mol. The van der Waals surface area contributed by atoms with Crippen LogP contribution in [0.5, 0.6) is 0 Å². The number of nitrogens with zero attached hydrogens (tertiary/aromatic N) is 2. The third-order valence-electron chi connectivity index (χ3n) is 4.23. The van der Waals surface area contributed by atoms with Gasteiger partial charge in [-0.2, -0.15) is 0 Å². The predicted octanol–water partition coefficient (Wildman–Crippen LogP) is 1.82. The van der Waals surface area contributed by atoms with Gasteiger partial charge in [-0.15, -0.1) is 0 Å². The molecule has 1 aliphatic heterocycles. The lowest BCUT2D eigenvalue weighted by atomic mass is 10.1. The number of para-hydroxylation sites is 1. The van der Waals surface area contributed by atoms with Crippen molar-refractivity contribution >= 4 is 17.5 Å². The summed E-state index contributed by atoms with van der Waals surface area (Å²) in [7, 11) is 0. The number of aliphatic hydroxyl groups is 1. The Morgan fingerprint density at radius 3 is 2.88 bits per heavy atom. The van der Waals surface area contributed by atoms with Gasteiger partial charge in [0.2, 0.25) is 5.91 Å². The first-order valence-corrected chi connectivity index (χ1v) is 8.00. The average Bonchev–Trinajstić information content (AvgIpc) is 3.17. The molecule has 0 unspecified atom stereocenters. The Bertz CT molecular complexity index is 753. The van der Waals surface area contributed by atoms with Gasteiger partial charge in [-0.05, 0) is 24.6 Å². The molecule has 6 heteroatoms. The molecule has 6 nitrogen and oxygen atoms in total. The zero-order valence-corrected chi connectivity index (χ0v) is 13.6. The minimum absolute atomic E-state index is 0.0125. The van der Waals surface area contributed by atoms with E-state index in [9.17, 15) is 9.59 Å². The number of amides is 2. The van der Waals surface area contributed by atoms with E-state index in [1.165, 1.54) is 11.2 Å². The van der Waals surface area contributed by atoms with Gasteiger partial charge < -0.3 is 19.3 Å². The Labute approximate surface area is 140 Å². The predicted molar refractivity (Wildman–Crippen MR) is 88.7 cm³/mol. The number of aliphatic hydroxyl groups excluding tert-OH is 1. The van der Waals surface area contributed by atoms with Crippen LogP contribution in [-0.4, -0.2) is 41.5 Å². The minimum Gasteiger partial charge on any atom is -0.459 e. The molecule has 0 saturated carbocycles. The summed E-state index contributed by atoms with van der Waals surface area (Å²) in [5.41, 5.74) is 2.54. The molecule has 0 atom stereocenters. The number of benzene rings is 1. The SMILES string of the molecule is CCN(CCO)C(=O)c1occc1CN1C(=O)Cc2ccccc21. The molecule has 1 aromatic heterocycles. The summed E-state index contributed by atoms with van der Waals surface area (Å²) < 4.78 is 5.38. The lowest BCUT2D eigenvalue weighted by Gasteiger charge is -2.20. The zero-order chi connectivity index (χ0) is 17.1. The van der Waals surface area contributed by atoms with Crippen molar-refractivity contribution < 1.29 is 19.1 Å². The number of hydrogen-bond acceptors (Lipinski definition) is 4. The van der Waals surface area contributed by atoms with E-state index in [0.717, 1.165) is 11.3 Å². The first-order valence-electron chi connectivity index (χ1n) is 8.00. The van der Waals surface area contributed by atoms with Crippen molar-refractivity contribution in [3.05, 3.63) is 53.5 Å². The molecule has 2 aromatic rings. The topological polar surface area (TPSA) is 74.0 Å². The van der Waals surface area contributed by atoms with Crippen molar-refractivity contribution in [2.45, 2.75) is 19.9 Å². The van der Waals surface area contributed by atoms with Crippen molar-refractivity contribution in [2.75, 3.05) is 24.6 Å². The number of rotatable bonds is 6. The van der Waals surface area contributed by atoms with Gasteiger partial charge in [0.1, 0.15) is 0 Å². The highest BCUT2D eigenvalue weighted by Gasteiger charge is 2.29. The van der Waals surface area contributed by atoms with Crippen molar-refractivity contribution in [3.63, 3.8) is 0 Å². The van der Waals surface area contributed by atoms with Crippen LogP contribution in [0.1, 0.15) is 28.6 Å². The summed E-state index contributed by atoms with van der Waals surface area (Å²) in [4.78, 5) is 28.1. The molecular formula is C18H20N2O4. The Hall–Kier alpha value is -2.60. The summed E-state index contributed by atoms with van der Waals surface area (Å²) in [6.45, 7) is 2.76. The molecule has 1 aromatic carbocycles. The molecule has 24 heavy (non-hydrogen) atoms. The fourth-order valence-corrected chi connectivity index (χ4v) is 2.98. The standard InChI is InChI=1S/C18H20N2O4/c1-2-19(8-9-21)18(23)17-14(7-10-24-17)12-20-15-6-4-3-5-13(15)11-16(20)22/h3-7,10,21H,2,8-9,11-12H2,1H3. The van der Waals surface area contributed by atoms with Crippen molar-refractivity contribution in [3.8, 4) is 0 Å². The number of likely N-dealkylation sites (N-methyl/N-ethyl adjacent to an activating group) is 1. The van der Waals surface area contributed by atoms with Gasteiger partial charge >= 0.3 is 0 Å². The van der Waals surface area contributed by atoms with Gasteiger partial charge in [-0.25, -0.2) is 0 Å². The highest BCUT2D eigenvalue weighted by Crippen LogP contribution is 2.30. The summed E-state index contributed by atoms with van der Waals surface area (Å²) >= 11 is 0. The van der Waals surface area contributed by atoms with Gasteiger partial charge in [0.05, 0.1) is 25.8 Å². The maximum absolute atomic E-state index is 12.6. The van der Waals surface area contributed by atoms with Gasteiger partial charge in [0.25, 0.3) is 5.91 Å². The van der Waals surface area contributed by atoms with Crippen LogP contribution in [0.15, 0.2) is 41.0 Å². The third kappa shape index (κ3) is 2.92. The van der Waals surface area contributed by atoms with E-state index in [-0.39, 0.29) is 30.7 Å². The van der Waals surface area contributed by atoms with E-state index in [0.29, 0.717) is 25.1 Å². The largest absolute Gasteiger partial charge is 0.459 e. The minimum atomic E-state index is -0.272. The van der Waals surface area contributed by atoms with Crippen molar-refractivity contribution in [1.29, 1.82) is 0 Å². The maximum atomic E-state index is 12.6. The number of fused-ring (bicyclic) bond motifs is 1. The molecule has 1 aliphatic rings. The summed E-state index contributed by atoms with van der Waals surface area (Å²) in [6.07, 6.45) is 1.84. The van der Waals surface area contributed by atoms with Gasteiger partial charge in [-0.3, -0.25) is 9.59 Å². The van der Waals surface area contributed by atoms with Gasteiger partial charge in [-0.1, -0.05) is 18.2 Å². The van der Waals surface area contributed by atoms with E-state index in [1.807, 2.05) is 31.2 Å². The lowest BCUT2D eigenvalue weighted by molar-refractivity contribution is -0.117. The Kier molecular flexibility index (Phi) is 4.66. The van der Waals surface area contributed by atoms with Gasteiger partial charge in [0, 0.05) is 24.3 Å². The average molecular weight is 328 g/mol. The van der Waals surface area contributed by atoms with E-state index >= 15 is 0 Å². The smallest absolute Gasteiger partial charge is 0.289 e. The summed E-state index contributed by atoms with van der Waals surface area (Å²) in [6, 6.07) is 9.37. The number of anilines is 1. The number of furan rings is 1. The van der Waals surface area contributed by atoms with Gasteiger partial charge in [0.15, 0.2) is 5.76 Å². The zero-order valence-electron chi connectivity index (χ0n) is 13.6. The maximum Gasteiger partial charge on any atom is 0.289 e. The Morgan fingerprint density at radius 2 is 2.12 bits per heavy atom. The van der Waals surface area contributed by atoms with Crippen LogP contribution in [0.4, 0.5) is 5.69 Å². The molecule has 0 aliphatic carbocycles. The summed E-state index contributed by atoms with van der Waals surface area (Å²) in [5.74, 6) is -0.0348. The van der Waals surface area contributed by atoms with Crippen LogP contribution in [0.2, 0.25) is 0 Å². The molecule has 0 spiro atoms. The first kappa shape index (κ1) is 16.3. The van der Waals surface area contributed by atoms with Crippen LogP contribution >= 0.6 is 0 Å². The second-order valence-corrected chi connectivity index (χ2v) is 5.67. The quantitative estimate of drug-likeness (QED) is 0.878. The van der Waals surface area contributed by atoms with Crippen LogP contribution in [0.25, 0.3) is 0 Å². The second kappa shape index (κ2) is 6.88. The molecule has 2 heterocycles. The second-order valence-electron chi connectivity index (χ2n) is 5.67. The number of hydrogen-bond donors (Lipinski definition) is 1. The molecule has 2 amide bonds. The lowest BCUT2D eigenvalue weighted by Crippen LogP contribution is -2.34. The highest BCUT2D eigenvalue weighted by atomic mass is 16.3. The van der Waals surface area contributed by atoms with Crippen LogP contribution in [0, 0.1) is 0 Å². The van der Waals surface area contributed by atoms with E-state index < -0.39 is 0 Å². The van der Waals surface area contributed by atoms with E-state index in [2.05, 4.69) is 0 Å². The molecule has 0 fully saturated rings. The fourth-order valence-electron chi connectivity index (χ4n) is 2.98. The molecule has 3 rings (SSSR count). The fraction of sp³-hybridized carbons (Fsp3) is 0.333. The van der Waals surface area contributed by atoms with E-state index in [4.69, 9.17) is 9.52 Å². The Balaban J connectivity index is 1.84. The van der Waals surface area contributed by atoms with Crippen LogP contribution in [-0.2, 0) is 17.8 Å². The molecule has 0 saturated heterocycles. The molecule has 1 N–H and O–H groups in total.